The minimum absolute atomic E-state index is 0.0544. The highest BCUT2D eigenvalue weighted by molar-refractivity contribution is 5.79. The SMILES string of the molecule is COC[C@@H](C)NC(=O)C[C@@H](NC(C)=O)c1ccccc1. The summed E-state index contributed by atoms with van der Waals surface area (Å²) in [7, 11) is 1.59. The summed E-state index contributed by atoms with van der Waals surface area (Å²) in [5.74, 6) is -0.270. The molecular weight excluding hydrogens is 256 g/mol. The zero-order valence-corrected chi connectivity index (χ0v) is 12.2. The van der Waals surface area contributed by atoms with Gasteiger partial charge < -0.3 is 15.4 Å². The fraction of sp³-hybridized carbons (Fsp3) is 0.467. The van der Waals surface area contributed by atoms with Gasteiger partial charge in [-0.2, -0.15) is 0 Å². The molecule has 0 aromatic heterocycles. The van der Waals surface area contributed by atoms with Gasteiger partial charge >= 0.3 is 0 Å². The molecule has 5 heteroatoms. The topological polar surface area (TPSA) is 67.4 Å². The van der Waals surface area contributed by atoms with E-state index in [1.807, 2.05) is 37.3 Å². The second-order valence-electron chi connectivity index (χ2n) is 4.79. The van der Waals surface area contributed by atoms with Crippen molar-refractivity contribution >= 4 is 11.8 Å². The first kappa shape index (κ1) is 16.2. The van der Waals surface area contributed by atoms with Gasteiger partial charge in [0, 0.05) is 20.1 Å². The summed E-state index contributed by atoms with van der Waals surface area (Å²) in [6, 6.07) is 9.09. The molecule has 0 spiro atoms. The molecule has 2 atom stereocenters. The van der Waals surface area contributed by atoms with Crippen molar-refractivity contribution in [2.45, 2.75) is 32.4 Å². The summed E-state index contributed by atoms with van der Waals surface area (Å²) in [5, 5.41) is 5.64. The molecule has 5 nitrogen and oxygen atoms in total. The van der Waals surface area contributed by atoms with Crippen LogP contribution in [0.2, 0.25) is 0 Å². The number of rotatable bonds is 7. The van der Waals surface area contributed by atoms with Crippen molar-refractivity contribution in [3.8, 4) is 0 Å². The van der Waals surface area contributed by atoms with Crippen molar-refractivity contribution in [2.75, 3.05) is 13.7 Å². The molecule has 0 radical (unpaired) electrons. The van der Waals surface area contributed by atoms with Crippen LogP contribution in [0.25, 0.3) is 0 Å². The zero-order valence-electron chi connectivity index (χ0n) is 12.2. The Morgan fingerprint density at radius 2 is 1.85 bits per heavy atom. The van der Waals surface area contributed by atoms with Gasteiger partial charge in [0.2, 0.25) is 11.8 Å². The second-order valence-corrected chi connectivity index (χ2v) is 4.79. The Balaban J connectivity index is 2.66. The summed E-state index contributed by atoms with van der Waals surface area (Å²) in [6.07, 6.45) is 0.206. The summed E-state index contributed by atoms with van der Waals surface area (Å²) >= 11 is 0. The lowest BCUT2D eigenvalue weighted by Gasteiger charge is -2.19. The molecule has 0 aliphatic rings. The predicted octanol–water partition coefficient (Wildman–Crippen LogP) is 1.41. The summed E-state index contributed by atoms with van der Waals surface area (Å²) in [5.41, 5.74) is 0.914. The Morgan fingerprint density at radius 3 is 2.40 bits per heavy atom. The number of hydrogen-bond acceptors (Lipinski definition) is 3. The maximum absolute atomic E-state index is 12.0. The van der Waals surface area contributed by atoms with Gasteiger partial charge in [-0.3, -0.25) is 9.59 Å². The van der Waals surface area contributed by atoms with Gasteiger partial charge in [0.05, 0.1) is 19.1 Å². The summed E-state index contributed by atoms with van der Waals surface area (Å²) in [4.78, 5) is 23.2. The fourth-order valence-corrected chi connectivity index (χ4v) is 1.99. The van der Waals surface area contributed by atoms with Crippen molar-refractivity contribution in [1.82, 2.24) is 10.6 Å². The van der Waals surface area contributed by atoms with E-state index in [-0.39, 0.29) is 30.3 Å². The third-order valence-corrected chi connectivity index (χ3v) is 2.79. The van der Waals surface area contributed by atoms with Crippen molar-refractivity contribution < 1.29 is 14.3 Å². The molecule has 1 rings (SSSR count). The Morgan fingerprint density at radius 1 is 1.20 bits per heavy atom. The lowest BCUT2D eigenvalue weighted by atomic mass is 10.0. The summed E-state index contributed by atoms with van der Waals surface area (Å²) in [6.45, 7) is 3.78. The Kier molecular flexibility index (Phi) is 6.73. The van der Waals surface area contributed by atoms with Crippen LogP contribution >= 0.6 is 0 Å². The second kappa shape index (κ2) is 8.32. The maximum Gasteiger partial charge on any atom is 0.222 e. The first-order valence-electron chi connectivity index (χ1n) is 6.63. The minimum Gasteiger partial charge on any atom is -0.383 e. The number of nitrogens with one attached hydrogen (secondary N) is 2. The molecule has 0 bridgehead atoms. The van der Waals surface area contributed by atoms with Crippen molar-refractivity contribution in [3.05, 3.63) is 35.9 Å². The number of methoxy groups -OCH3 is 1. The molecule has 2 N–H and O–H groups in total. The molecule has 20 heavy (non-hydrogen) atoms. The van der Waals surface area contributed by atoms with E-state index in [0.29, 0.717) is 6.61 Å². The third-order valence-electron chi connectivity index (χ3n) is 2.79. The zero-order chi connectivity index (χ0) is 15.0. The lowest BCUT2D eigenvalue weighted by Crippen LogP contribution is -2.38. The number of carbonyl (C=O) groups excluding carboxylic acids is 2. The first-order chi connectivity index (χ1) is 9.52. The van der Waals surface area contributed by atoms with E-state index in [0.717, 1.165) is 5.56 Å². The fourth-order valence-electron chi connectivity index (χ4n) is 1.99. The highest BCUT2D eigenvalue weighted by Crippen LogP contribution is 2.16. The third kappa shape index (κ3) is 5.84. The van der Waals surface area contributed by atoms with Gasteiger partial charge in [-0.1, -0.05) is 30.3 Å². The Hall–Kier alpha value is -1.88. The number of carbonyl (C=O) groups is 2. The van der Waals surface area contributed by atoms with Crippen LogP contribution in [0.3, 0.4) is 0 Å². The van der Waals surface area contributed by atoms with E-state index in [2.05, 4.69) is 10.6 Å². The highest BCUT2D eigenvalue weighted by Gasteiger charge is 2.17. The number of hydrogen-bond donors (Lipinski definition) is 2. The standard InChI is InChI=1S/C15H22N2O3/c1-11(10-20-3)16-15(19)9-14(17-12(2)18)13-7-5-4-6-8-13/h4-8,11,14H,9-10H2,1-3H3,(H,16,19)(H,17,18)/t11-,14-/m1/s1. The molecule has 0 aliphatic heterocycles. The van der Waals surface area contributed by atoms with Gasteiger partial charge in [0.15, 0.2) is 0 Å². The van der Waals surface area contributed by atoms with Crippen LogP contribution < -0.4 is 10.6 Å². The van der Waals surface area contributed by atoms with Crippen LogP contribution in [0.4, 0.5) is 0 Å². The molecule has 110 valence electrons. The van der Waals surface area contributed by atoms with Gasteiger partial charge in [-0.05, 0) is 12.5 Å². The smallest absolute Gasteiger partial charge is 0.222 e. The molecule has 0 fully saturated rings. The first-order valence-corrected chi connectivity index (χ1v) is 6.63. The van der Waals surface area contributed by atoms with E-state index in [1.165, 1.54) is 6.92 Å². The number of benzene rings is 1. The van der Waals surface area contributed by atoms with Gasteiger partial charge in [-0.15, -0.1) is 0 Å². The van der Waals surface area contributed by atoms with Crippen molar-refractivity contribution in [3.63, 3.8) is 0 Å². The van der Waals surface area contributed by atoms with Gasteiger partial charge in [0.1, 0.15) is 0 Å². The van der Waals surface area contributed by atoms with E-state index in [4.69, 9.17) is 4.74 Å². The number of amides is 2. The Labute approximate surface area is 119 Å². The molecule has 2 amide bonds. The van der Waals surface area contributed by atoms with E-state index < -0.39 is 0 Å². The summed E-state index contributed by atoms with van der Waals surface area (Å²) < 4.78 is 4.97. The van der Waals surface area contributed by atoms with E-state index in [1.54, 1.807) is 7.11 Å². The largest absolute Gasteiger partial charge is 0.383 e. The molecular formula is C15H22N2O3. The monoisotopic (exact) mass is 278 g/mol. The molecule has 0 aliphatic carbocycles. The van der Waals surface area contributed by atoms with Crippen LogP contribution in [-0.4, -0.2) is 31.6 Å². The minimum atomic E-state index is -0.316. The van der Waals surface area contributed by atoms with Crippen LogP contribution in [0.5, 0.6) is 0 Å². The highest BCUT2D eigenvalue weighted by atomic mass is 16.5. The van der Waals surface area contributed by atoms with E-state index in [9.17, 15) is 9.59 Å². The predicted molar refractivity (Wildman–Crippen MR) is 77.1 cm³/mol. The van der Waals surface area contributed by atoms with Gasteiger partial charge in [-0.25, -0.2) is 0 Å². The molecule has 1 aromatic carbocycles. The van der Waals surface area contributed by atoms with Crippen LogP contribution in [0, 0.1) is 0 Å². The average Bonchev–Trinajstić information content (AvgIpc) is 2.38. The van der Waals surface area contributed by atoms with Crippen molar-refractivity contribution in [1.29, 1.82) is 0 Å². The molecule has 0 saturated heterocycles. The van der Waals surface area contributed by atoms with E-state index >= 15 is 0 Å². The maximum atomic E-state index is 12.0. The lowest BCUT2D eigenvalue weighted by molar-refractivity contribution is -0.123. The molecule has 0 saturated carbocycles. The number of ether oxygens (including phenoxy) is 1. The normalized spacial score (nSPS) is 13.3. The van der Waals surface area contributed by atoms with Crippen LogP contribution in [0.1, 0.15) is 31.9 Å². The van der Waals surface area contributed by atoms with Crippen LogP contribution in [0.15, 0.2) is 30.3 Å². The molecule has 0 heterocycles. The average molecular weight is 278 g/mol. The quantitative estimate of drug-likeness (QED) is 0.792. The van der Waals surface area contributed by atoms with Crippen molar-refractivity contribution in [2.24, 2.45) is 0 Å². The Bertz CT molecular complexity index is 434. The van der Waals surface area contributed by atoms with Crippen LogP contribution in [-0.2, 0) is 14.3 Å². The van der Waals surface area contributed by atoms with Gasteiger partial charge in [0.25, 0.3) is 0 Å². The molecule has 0 unspecified atom stereocenters. The molecule has 1 aromatic rings.